The van der Waals surface area contributed by atoms with Crippen molar-refractivity contribution in [3.05, 3.63) is 37.1 Å². The van der Waals surface area contributed by atoms with Crippen LogP contribution >= 0.6 is 0 Å². The normalized spacial score (nSPS) is 17.1. The van der Waals surface area contributed by atoms with Crippen molar-refractivity contribution in [3.8, 4) is 5.75 Å². The fourth-order valence-electron chi connectivity index (χ4n) is 1.80. The van der Waals surface area contributed by atoms with Gasteiger partial charge in [0, 0.05) is 6.20 Å². The minimum Gasteiger partial charge on any atom is -0.486 e. The van der Waals surface area contributed by atoms with Crippen LogP contribution in [0.3, 0.4) is 0 Å². The molecule has 1 aliphatic rings. The zero-order valence-corrected chi connectivity index (χ0v) is 10.7. The molecule has 1 aliphatic heterocycles. The summed E-state index contributed by atoms with van der Waals surface area (Å²) in [5.74, 6) is 0.645. The van der Waals surface area contributed by atoms with Crippen molar-refractivity contribution in [1.82, 2.24) is 19.3 Å². The lowest BCUT2D eigenvalue weighted by Gasteiger charge is -2.37. The molecule has 0 atom stereocenters. The van der Waals surface area contributed by atoms with E-state index in [9.17, 15) is 8.42 Å². The lowest BCUT2D eigenvalue weighted by molar-refractivity contribution is 0.0757. The smallest absolute Gasteiger partial charge is 0.260 e. The lowest BCUT2D eigenvalue weighted by atomic mass is 10.2. The summed E-state index contributed by atoms with van der Waals surface area (Å²) in [5.41, 5.74) is 0. The van der Waals surface area contributed by atoms with Gasteiger partial charge in [0.05, 0.1) is 31.8 Å². The van der Waals surface area contributed by atoms with Crippen molar-refractivity contribution in [2.24, 2.45) is 0 Å². The maximum Gasteiger partial charge on any atom is 0.260 e. The Bertz CT molecular complexity index is 636. The van der Waals surface area contributed by atoms with Gasteiger partial charge in [-0.15, -0.1) is 0 Å². The number of nitrogens with zero attached hydrogens (tertiary/aromatic N) is 3. The SMILES string of the molecule is O=S(=O)(c1cnc[nH]1)N1CC(Oc2cccnc2)C1. The minimum absolute atomic E-state index is 0.104. The van der Waals surface area contributed by atoms with Crippen LogP contribution in [0.1, 0.15) is 0 Å². The minimum atomic E-state index is -3.46. The molecule has 0 aliphatic carbocycles. The van der Waals surface area contributed by atoms with E-state index < -0.39 is 10.0 Å². The standard InChI is InChI=1S/C11H12N4O3S/c16-19(17,11-5-13-8-14-11)15-6-10(7-15)18-9-2-1-3-12-4-9/h1-5,8,10H,6-7H2,(H,13,14). The van der Waals surface area contributed by atoms with Gasteiger partial charge in [-0.3, -0.25) is 4.98 Å². The first-order valence-electron chi connectivity index (χ1n) is 5.71. The molecule has 0 amide bonds. The summed E-state index contributed by atoms with van der Waals surface area (Å²) in [6.45, 7) is 0.659. The van der Waals surface area contributed by atoms with E-state index in [2.05, 4.69) is 15.0 Å². The van der Waals surface area contributed by atoms with Crippen molar-refractivity contribution < 1.29 is 13.2 Å². The second-order valence-corrected chi connectivity index (χ2v) is 6.07. The molecular weight excluding hydrogens is 268 g/mol. The van der Waals surface area contributed by atoms with E-state index in [1.807, 2.05) is 0 Å². The zero-order chi connectivity index (χ0) is 13.3. The average Bonchev–Trinajstić information content (AvgIpc) is 2.89. The Morgan fingerprint density at radius 3 is 2.79 bits per heavy atom. The molecule has 3 heterocycles. The van der Waals surface area contributed by atoms with Crippen LogP contribution in [-0.2, 0) is 10.0 Å². The van der Waals surface area contributed by atoms with E-state index in [0.717, 1.165) is 0 Å². The molecule has 7 nitrogen and oxygen atoms in total. The molecule has 2 aromatic heterocycles. The Kier molecular flexibility index (Phi) is 2.96. The molecule has 2 aromatic rings. The Morgan fingerprint density at radius 2 is 2.16 bits per heavy atom. The highest BCUT2D eigenvalue weighted by Crippen LogP contribution is 2.22. The van der Waals surface area contributed by atoms with E-state index in [1.165, 1.54) is 16.8 Å². The summed E-state index contributed by atoms with van der Waals surface area (Å²) < 4.78 is 31.1. The molecule has 0 saturated carbocycles. The van der Waals surface area contributed by atoms with Gasteiger partial charge in [0.25, 0.3) is 10.0 Å². The molecule has 0 bridgehead atoms. The van der Waals surface area contributed by atoms with E-state index in [-0.39, 0.29) is 11.1 Å². The molecular formula is C11H12N4O3S. The number of rotatable bonds is 4. The first-order chi connectivity index (χ1) is 9.16. The van der Waals surface area contributed by atoms with E-state index in [4.69, 9.17) is 4.74 Å². The molecule has 0 unspecified atom stereocenters. The number of pyridine rings is 1. The molecule has 8 heteroatoms. The quantitative estimate of drug-likeness (QED) is 0.867. The monoisotopic (exact) mass is 280 g/mol. The maximum atomic E-state index is 12.1. The molecule has 0 spiro atoms. The number of aromatic nitrogens is 3. The maximum absolute atomic E-state index is 12.1. The van der Waals surface area contributed by atoms with Crippen LogP contribution in [0, 0.1) is 0 Å². The Morgan fingerprint density at radius 1 is 1.32 bits per heavy atom. The third-order valence-corrected chi connectivity index (χ3v) is 4.60. The third kappa shape index (κ3) is 2.32. The van der Waals surface area contributed by atoms with Crippen LogP contribution in [0.15, 0.2) is 42.1 Å². The van der Waals surface area contributed by atoms with Crippen LogP contribution < -0.4 is 4.74 Å². The number of hydrogen-bond acceptors (Lipinski definition) is 5. The van der Waals surface area contributed by atoms with Gasteiger partial charge in [-0.1, -0.05) is 0 Å². The topological polar surface area (TPSA) is 88.2 Å². The number of aromatic amines is 1. The fourth-order valence-corrected chi connectivity index (χ4v) is 3.20. The van der Waals surface area contributed by atoms with Crippen LogP contribution in [0.2, 0.25) is 0 Å². The zero-order valence-electron chi connectivity index (χ0n) is 9.93. The third-order valence-electron chi connectivity index (χ3n) is 2.84. The number of sulfonamides is 1. The second kappa shape index (κ2) is 4.63. The van der Waals surface area contributed by atoms with Crippen molar-refractivity contribution in [2.75, 3.05) is 13.1 Å². The average molecular weight is 280 g/mol. The number of H-pyrrole nitrogens is 1. The van der Waals surface area contributed by atoms with Crippen molar-refractivity contribution in [1.29, 1.82) is 0 Å². The molecule has 100 valence electrons. The van der Waals surface area contributed by atoms with E-state index in [1.54, 1.807) is 24.5 Å². The predicted octanol–water partition coefficient (Wildman–Crippen LogP) is 0.257. The highest BCUT2D eigenvalue weighted by Gasteiger charge is 2.38. The highest BCUT2D eigenvalue weighted by molar-refractivity contribution is 7.89. The second-order valence-electron chi connectivity index (χ2n) is 4.17. The first kappa shape index (κ1) is 12.1. The van der Waals surface area contributed by atoms with Crippen molar-refractivity contribution in [3.63, 3.8) is 0 Å². The number of hydrogen-bond donors (Lipinski definition) is 1. The van der Waals surface area contributed by atoms with Gasteiger partial charge in [-0.05, 0) is 12.1 Å². The first-order valence-corrected chi connectivity index (χ1v) is 7.15. The van der Waals surface area contributed by atoms with E-state index in [0.29, 0.717) is 18.8 Å². The van der Waals surface area contributed by atoms with Gasteiger partial charge in [-0.25, -0.2) is 13.4 Å². The molecule has 1 saturated heterocycles. The van der Waals surface area contributed by atoms with Crippen molar-refractivity contribution in [2.45, 2.75) is 11.1 Å². The van der Waals surface area contributed by atoms with Crippen molar-refractivity contribution >= 4 is 10.0 Å². The molecule has 3 rings (SSSR count). The van der Waals surface area contributed by atoms with Gasteiger partial charge < -0.3 is 9.72 Å². The summed E-state index contributed by atoms with van der Waals surface area (Å²) in [4.78, 5) is 10.2. The fraction of sp³-hybridized carbons (Fsp3) is 0.273. The highest BCUT2D eigenvalue weighted by atomic mass is 32.2. The summed E-state index contributed by atoms with van der Waals surface area (Å²) in [6.07, 6.45) is 5.76. The van der Waals surface area contributed by atoms with E-state index >= 15 is 0 Å². The molecule has 1 N–H and O–H groups in total. The Hall–Kier alpha value is -1.93. The van der Waals surface area contributed by atoms with Crippen LogP contribution in [0.25, 0.3) is 0 Å². The van der Waals surface area contributed by atoms with Crippen LogP contribution in [0.4, 0.5) is 0 Å². The number of imidazole rings is 1. The molecule has 1 fully saturated rings. The predicted molar refractivity (Wildman–Crippen MR) is 66.0 cm³/mol. The summed E-state index contributed by atoms with van der Waals surface area (Å²) in [5, 5.41) is 0.104. The summed E-state index contributed by atoms with van der Waals surface area (Å²) in [7, 11) is -3.46. The number of nitrogens with one attached hydrogen (secondary N) is 1. The van der Waals surface area contributed by atoms with Gasteiger partial charge >= 0.3 is 0 Å². The lowest BCUT2D eigenvalue weighted by Crippen LogP contribution is -2.56. The van der Waals surface area contributed by atoms with Gasteiger partial charge in [0.2, 0.25) is 0 Å². The molecule has 0 radical (unpaired) electrons. The summed E-state index contributed by atoms with van der Waals surface area (Å²) in [6, 6.07) is 3.56. The largest absolute Gasteiger partial charge is 0.486 e. The summed E-state index contributed by atoms with van der Waals surface area (Å²) >= 11 is 0. The molecule has 0 aromatic carbocycles. The number of ether oxygens (including phenoxy) is 1. The van der Waals surface area contributed by atoms with Gasteiger partial charge in [0.15, 0.2) is 5.03 Å². The Balaban J connectivity index is 1.62. The Labute approximate surface area is 110 Å². The van der Waals surface area contributed by atoms with Crippen LogP contribution in [-0.4, -0.2) is 46.9 Å². The van der Waals surface area contributed by atoms with Crippen LogP contribution in [0.5, 0.6) is 5.75 Å². The van der Waals surface area contributed by atoms with Gasteiger partial charge in [-0.2, -0.15) is 4.31 Å². The van der Waals surface area contributed by atoms with Gasteiger partial charge in [0.1, 0.15) is 11.9 Å². The molecule has 19 heavy (non-hydrogen) atoms.